The molecule has 0 unspecified atom stereocenters. The molecule has 1 aromatic carbocycles. The summed E-state index contributed by atoms with van der Waals surface area (Å²) in [5, 5.41) is 13.5. The van der Waals surface area contributed by atoms with Crippen LogP contribution in [0.1, 0.15) is 17.5 Å². The standard InChI is InChI=1S/C17H20N4O/c18-11-15-5-1-2-6-16(15)12-20-8-4-10-22-17(13-20)14-21-9-3-7-19-21/h1-3,5-7,9,17H,4,8,10,12-14H2/t17-/m0/s1. The van der Waals surface area contributed by atoms with Crippen LogP contribution in [0.3, 0.4) is 0 Å². The largest absolute Gasteiger partial charge is 0.375 e. The second-order valence-corrected chi connectivity index (χ2v) is 5.58. The van der Waals surface area contributed by atoms with Crippen molar-refractivity contribution in [1.82, 2.24) is 14.7 Å². The maximum atomic E-state index is 9.22. The minimum Gasteiger partial charge on any atom is -0.375 e. The molecule has 0 N–H and O–H groups in total. The fourth-order valence-corrected chi connectivity index (χ4v) is 2.85. The molecule has 22 heavy (non-hydrogen) atoms. The molecule has 3 rings (SSSR count). The molecular formula is C17H20N4O. The second-order valence-electron chi connectivity index (χ2n) is 5.58. The van der Waals surface area contributed by atoms with Gasteiger partial charge in [0, 0.05) is 38.6 Å². The van der Waals surface area contributed by atoms with Gasteiger partial charge in [0.25, 0.3) is 0 Å². The molecule has 0 spiro atoms. The zero-order valence-electron chi connectivity index (χ0n) is 12.6. The highest BCUT2D eigenvalue weighted by atomic mass is 16.5. The van der Waals surface area contributed by atoms with Crippen molar-refractivity contribution in [3.63, 3.8) is 0 Å². The molecule has 0 saturated carbocycles. The quantitative estimate of drug-likeness (QED) is 0.866. The maximum absolute atomic E-state index is 9.22. The lowest BCUT2D eigenvalue weighted by molar-refractivity contribution is 0.0391. The van der Waals surface area contributed by atoms with Crippen molar-refractivity contribution in [1.29, 1.82) is 5.26 Å². The number of hydrogen-bond donors (Lipinski definition) is 0. The van der Waals surface area contributed by atoms with E-state index >= 15 is 0 Å². The van der Waals surface area contributed by atoms with E-state index in [0.717, 1.165) is 50.3 Å². The summed E-state index contributed by atoms with van der Waals surface area (Å²) in [5.41, 5.74) is 1.85. The van der Waals surface area contributed by atoms with Gasteiger partial charge in [0.2, 0.25) is 0 Å². The van der Waals surface area contributed by atoms with Gasteiger partial charge in [0.15, 0.2) is 0 Å². The van der Waals surface area contributed by atoms with Crippen LogP contribution in [0.15, 0.2) is 42.7 Å². The molecule has 5 nitrogen and oxygen atoms in total. The first kappa shape index (κ1) is 14.8. The van der Waals surface area contributed by atoms with Crippen LogP contribution in [0, 0.1) is 11.3 Å². The third kappa shape index (κ3) is 3.73. The highest BCUT2D eigenvalue weighted by Crippen LogP contribution is 2.14. The van der Waals surface area contributed by atoms with Crippen LogP contribution in [-0.2, 0) is 17.8 Å². The Hall–Kier alpha value is -2.16. The van der Waals surface area contributed by atoms with E-state index < -0.39 is 0 Å². The molecule has 2 aromatic rings. The monoisotopic (exact) mass is 296 g/mol. The first-order valence-electron chi connectivity index (χ1n) is 7.64. The Labute approximate surface area is 130 Å². The van der Waals surface area contributed by atoms with Gasteiger partial charge in [-0.3, -0.25) is 9.58 Å². The van der Waals surface area contributed by atoms with Gasteiger partial charge in [-0.2, -0.15) is 10.4 Å². The van der Waals surface area contributed by atoms with E-state index in [4.69, 9.17) is 4.74 Å². The molecule has 1 aliphatic heterocycles. The number of benzene rings is 1. The van der Waals surface area contributed by atoms with Crippen LogP contribution >= 0.6 is 0 Å². The summed E-state index contributed by atoms with van der Waals surface area (Å²) in [7, 11) is 0. The minimum absolute atomic E-state index is 0.136. The lowest BCUT2D eigenvalue weighted by Gasteiger charge is -2.24. The summed E-state index contributed by atoms with van der Waals surface area (Å²) >= 11 is 0. The summed E-state index contributed by atoms with van der Waals surface area (Å²) in [5.74, 6) is 0. The van der Waals surface area contributed by atoms with Crippen LogP contribution in [0.25, 0.3) is 0 Å². The van der Waals surface area contributed by atoms with Crippen molar-refractivity contribution in [3.8, 4) is 6.07 Å². The van der Waals surface area contributed by atoms with Crippen molar-refractivity contribution >= 4 is 0 Å². The fraction of sp³-hybridized carbons (Fsp3) is 0.412. The average molecular weight is 296 g/mol. The van der Waals surface area contributed by atoms with E-state index in [1.165, 1.54) is 0 Å². The minimum atomic E-state index is 0.136. The molecular weight excluding hydrogens is 276 g/mol. The van der Waals surface area contributed by atoms with Crippen LogP contribution in [-0.4, -0.2) is 40.5 Å². The molecule has 0 aliphatic carbocycles. The lowest BCUT2D eigenvalue weighted by atomic mass is 10.1. The van der Waals surface area contributed by atoms with Crippen LogP contribution < -0.4 is 0 Å². The molecule has 1 saturated heterocycles. The van der Waals surface area contributed by atoms with Gasteiger partial charge in [-0.05, 0) is 24.1 Å². The van der Waals surface area contributed by atoms with Crippen LogP contribution in [0.4, 0.5) is 0 Å². The number of hydrogen-bond acceptors (Lipinski definition) is 4. The Morgan fingerprint density at radius 3 is 3.05 bits per heavy atom. The van der Waals surface area contributed by atoms with Gasteiger partial charge in [-0.1, -0.05) is 18.2 Å². The van der Waals surface area contributed by atoms with Crippen molar-refractivity contribution < 1.29 is 4.74 Å². The number of ether oxygens (including phenoxy) is 1. The Bertz CT molecular complexity index is 632. The van der Waals surface area contributed by atoms with Crippen LogP contribution in [0.2, 0.25) is 0 Å². The van der Waals surface area contributed by atoms with E-state index in [1.54, 1.807) is 6.20 Å². The Balaban J connectivity index is 1.66. The maximum Gasteiger partial charge on any atom is 0.0995 e. The third-order valence-electron chi connectivity index (χ3n) is 3.92. The van der Waals surface area contributed by atoms with Gasteiger partial charge in [0.05, 0.1) is 24.3 Å². The summed E-state index contributed by atoms with van der Waals surface area (Å²) in [4.78, 5) is 2.37. The topological polar surface area (TPSA) is 54.1 Å². The third-order valence-corrected chi connectivity index (χ3v) is 3.92. The molecule has 5 heteroatoms. The molecule has 1 aromatic heterocycles. The molecule has 1 atom stereocenters. The van der Waals surface area contributed by atoms with Crippen molar-refractivity contribution in [2.45, 2.75) is 25.6 Å². The molecule has 0 amide bonds. The first-order chi connectivity index (χ1) is 10.8. The zero-order chi connectivity index (χ0) is 15.2. The molecule has 0 bridgehead atoms. The summed E-state index contributed by atoms with van der Waals surface area (Å²) in [6, 6.07) is 12.0. The summed E-state index contributed by atoms with van der Waals surface area (Å²) in [6.45, 7) is 4.20. The predicted molar refractivity (Wildman–Crippen MR) is 83.0 cm³/mol. The Morgan fingerprint density at radius 1 is 1.32 bits per heavy atom. The van der Waals surface area contributed by atoms with Gasteiger partial charge in [-0.15, -0.1) is 0 Å². The Morgan fingerprint density at radius 2 is 2.23 bits per heavy atom. The van der Waals surface area contributed by atoms with Gasteiger partial charge < -0.3 is 4.74 Å². The SMILES string of the molecule is N#Cc1ccccc1CN1CCCO[C@H](Cn2cccn2)C1. The van der Waals surface area contributed by atoms with Crippen LogP contribution in [0.5, 0.6) is 0 Å². The van der Waals surface area contributed by atoms with E-state index in [9.17, 15) is 5.26 Å². The molecule has 1 aliphatic rings. The van der Waals surface area contributed by atoms with E-state index in [-0.39, 0.29) is 6.10 Å². The summed E-state index contributed by atoms with van der Waals surface area (Å²) < 4.78 is 7.85. The fourth-order valence-electron chi connectivity index (χ4n) is 2.85. The van der Waals surface area contributed by atoms with E-state index in [1.807, 2.05) is 41.2 Å². The number of nitriles is 1. The van der Waals surface area contributed by atoms with Crippen molar-refractivity contribution in [2.75, 3.05) is 19.7 Å². The Kier molecular flexibility index (Phi) is 4.84. The summed E-state index contributed by atoms with van der Waals surface area (Å²) in [6.07, 6.45) is 4.91. The highest BCUT2D eigenvalue weighted by molar-refractivity contribution is 5.37. The smallest absolute Gasteiger partial charge is 0.0995 e. The number of aromatic nitrogens is 2. The lowest BCUT2D eigenvalue weighted by Crippen LogP contribution is -2.34. The van der Waals surface area contributed by atoms with Crippen molar-refractivity contribution in [2.24, 2.45) is 0 Å². The van der Waals surface area contributed by atoms with Gasteiger partial charge >= 0.3 is 0 Å². The normalized spacial score (nSPS) is 19.5. The predicted octanol–water partition coefficient (Wildman–Crippen LogP) is 2.05. The highest BCUT2D eigenvalue weighted by Gasteiger charge is 2.20. The van der Waals surface area contributed by atoms with Gasteiger partial charge in [-0.25, -0.2) is 0 Å². The number of rotatable bonds is 4. The van der Waals surface area contributed by atoms with E-state index in [0.29, 0.717) is 0 Å². The number of nitrogens with zero attached hydrogens (tertiary/aromatic N) is 4. The second kappa shape index (κ2) is 7.21. The van der Waals surface area contributed by atoms with Gasteiger partial charge in [0.1, 0.15) is 0 Å². The first-order valence-corrected chi connectivity index (χ1v) is 7.64. The molecule has 2 heterocycles. The zero-order valence-corrected chi connectivity index (χ0v) is 12.6. The average Bonchev–Trinajstić information content (AvgIpc) is 2.95. The molecule has 1 fully saturated rings. The molecule has 114 valence electrons. The van der Waals surface area contributed by atoms with Crippen molar-refractivity contribution in [3.05, 3.63) is 53.9 Å². The van der Waals surface area contributed by atoms with E-state index in [2.05, 4.69) is 16.1 Å². The molecule has 0 radical (unpaired) electrons.